The van der Waals surface area contributed by atoms with Crippen LogP contribution in [0.15, 0.2) is 103 Å². The fourth-order valence-electron chi connectivity index (χ4n) is 8.52. The molecule has 0 aliphatic carbocycles. The SMILES string of the molecule is CC(C)(C)OC(=O)N(C(=O)OC(C)(C)C)c1nn(C(=O)OC(C)(C)C)c2ccc(CN3C(=O)N(Cc4cccc(O)c4)[C@H](Cc4ccccc4)[C@@H]4OC(C)(C)O[C@H]4[C@H]3Cc3ccccc3)cc12. The third kappa shape index (κ3) is 11.8. The molecule has 4 aromatic carbocycles. The highest BCUT2D eigenvalue weighted by atomic mass is 16.8. The highest BCUT2D eigenvalue weighted by Gasteiger charge is 2.55. The molecule has 7 rings (SSSR count). The molecule has 2 saturated heterocycles. The molecule has 2 aliphatic rings. The van der Waals surface area contributed by atoms with E-state index in [1.807, 2.05) is 85.5 Å². The van der Waals surface area contributed by atoms with Crippen LogP contribution in [0.4, 0.5) is 25.0 Å². The smallest absolute Gasteiger partial charge is 0.435 e. The van der Waals surface area contributed by atoms with Crippen LogP contribution in [0.2, 0.25) is 0 Å². The Kier molecular flexibility index (Phi) is 13.5. The normalized spacial score (nSPS) is 19.7. The fraction of sp³-hybridized carbons (Fsp3) is 0.442. The Morgan fingerprint density at radius 1 is 0.642 bits per heavy atom. The molecular formula is C52H63N5O10. The number of imide groups is 1. The second kappa shape index (κ2) is 18.7. The second-order valence-electron chi connectivity index (χ2n) is 20.7. The first-order valence-electron chi connectivity index (χ1n) is 22.6. The molecule has 67 heavy (non-hydrogen) atoms. The number of carbonyl (C=O) groups excluding carboxylic acids is 4. The average molecular weight is 918 g/mol. The van der Waals surface area contributed by atoms with E-state index >= 15 is 4.79 Å². The Hall–Kier alpha value is -6.45. The van der Waals surface area contributed by atoms with Crippen molar-refractivity contribution in [3.05, 3.63) is 125 Å². The van der Waals surface area contributed by atoms with Crippen molar-refractivity contribution in [3.63, 3.8) is 0 Å². The highest BCUT2D eigenvalue weighted by molar-refractivity contribution is 6.14. The van der Waals surface area contributed by atoms with Gasteiger partial charge in [0, 0.05) is 18.5 Å². The monoisotopic (exact) mass is 917 g/mol. The fourth-order valence-corrected chi connectivity index (χ4v) is 8.52. The van der Waals surface area contributed by atoms with Gasteiger partial charge in [-0.2, -0.15) is 9.58 Å². The number of benzene rings is 4. The van der Waals surface area contributed by atoms with Crippen molar-refractivity contribution in [2.24, 2.45) is 0 Å². The first kappa shape index (κ1) is 48.5. The molecule has 5 aromatic rings. The Labute approximate surface area is 392 Å². The molecule has 1 N–H and O–H groups in total. The van der Waals surface area contributed by atoms with E-state index in [4.69, 9.17) is 23.7 Å². The molecule has 15 heteroatoms. The number of phenols is 1. The van der Waals surface area contributed by atoms with Gasteiger partial charge in [0.05, 0.1) is 17.6 Å². The van der Waals surface area contributed by atoms with E-state index in [2.05, 4.69) is 5.10 Å². The van der Waals surface area contributed by atoms with Gasteiger partial charge < -0.3 is 38.6 Å². The summed E-state index contributed by atoms with van der Waals surface area (Å²) in [6.07, 6.45) is -3.36. The number of urea groups is 1. The van der Waals surface area contributed by atoms with E-state index in [9.17, 15) is 19.5 Å². The minimum atomic E-state index is -1.08. The van der Waals surface area contributed by atoms with Crippen molar-refractivity contribution in [1.82, 2.24) is 19.6 Å². The Morgan fingerprint density at radius 2 is 1.10 bits per heavy atom. The third-order valence-electron chi connectivity index (χ3n) is 11.1. The molecule has 0 spiro atoms. The predicted octanol–water partition coefficient (Wildman–Crippen LogP) is 10.4. The van der Waals surface area contributed by atoms with Crippen LogP contribution in [-0.2, 0) is 49.6 Å². The van der Waals surface area contributed by atoms with E-state index in [1.165, 1.54) is 0 Å². The topological polar surface area (TPSA) is 162 Å². The molecule has 0 unspecified atom stereocenters. The number of anilines is 1. The maximum Gasteiger partial charge on any atom is 0.435 e. The molecule has 0 bridgehead atoms. The largest absolute Gasteiger partial charge is 0.508 e. The standard InChI is InChI=1S/C52H63N5O10/c1-49(2,3)65-46(60)56(47(61)66-50(4,5)6)44-38-28-36(25-26-39(38)57(53-44)48(62)67-51(7,8)9)32-55-41(30-34-21-16-13-17-22-34)43-42(63-52(10,11)64-43)40(29-33-19-14-12-15-20-33)54(45(55)59)31-35-23-18-24-37(58)27-35/h12-28,40-43,58H,29-32H2,1-11H3/t40-,41-,42+,43+/m1/s1. The summed E-state index contributed by atoms with van der Waals surface area (Å²) in [5.74, 6) is -1.18. The molecular weight excluding hydrogens is 855 g/mol. The summed E-state index contributed by atoms with van der Waals surface area (Å²) in [6.45, 7) is 19.0. The first-order valence-corrected chi connectivity index (χ1v) is 22.6. The molecule has 0 radical (unpaired) electrons. The summed E-state index contributed by atoms with van der Waals surface area (Å²) >= 11 is 0. The van der Waals surface area contributed by atoms with Gasteiger partial charge in [0.2, 0.25) is 0 Å². The first-order chi connectivity index (χ1) is 31.3. The zero-order valence-electron chi connectivity index (χ0n) is 40.3. The number of carbonyl (C=O) groups is 4. The molecule has 3 heterocycles. The van der Waals surface area contributed by atoms with Crippen LogP contribution in [0, 0.1) is 0 Å². The van der Waals surface area contributed by atoms with E-state index in [-0.39, 0.29) is 41.6 Å². The van der Waals surface area contributed by atoms with E-state index in [0.717, 1.165) is 15.8 Å². The summed E-state index contributed by atoms with van der Waals surface area (Å²) in [6, 6.07) is 30.4. The maximum absolute atomic E-state index is 15.8. The van der Waals surface area contributed by atoms with Crippen LogP contribution in [0.3, 0.4) is 0 Å². The van der Waals surface area contributed by atoms with Crippen LogP contribution in [0.25, 0.3) is 10.9 Å². The van der Waals surface area contributed by atoms with E-state index in [0.29, 0.717) is 28.9 Å². The van der Waals surface area contributed by atoms with Gasteiger partial charge in [-0.15, -0.1) is 5.10 Å². The minimum Gasteiger partial charge on any atom is -0.508 e. The number of ether oxygens (including phenoxy) is 5. The van der Waals surface area contributed by atoms with E-state index in [1.54, 1.807) is 104 Å². The number of hydrogen-bond donors (Lipinski definition) is 1. The van der Waals surface area contributed by atoms with Gasteiger partial charge >= 0.3 is 24.3 Å². The molecule has 2 aliphatic heterocycles. The van der Waals surface area contributed by atoms with Crippen LogP contribution in [0.5, 0.6) is 5.75 Å². The Balaban J connectivity index is 1.42. The summed E-state index contributed by atoms with van der Waals surface area (Å²) in [4.78, 5) is 62.2. The lowest BCUT2D eigenvalue weighted by Crippen LogP contribution is -2.51. The quantitative estimate of drug-likeness (QED) is 0.140. The Bertz CT molecular complexity index is 2560. The van der Waals surface area contributed by atoms with E-state index < -0.39 is 65.2 Å². The number of amides is 4. The van der Waals surface area contributed by atoms with Crippen molar-refractivity contribution < 1.29 is 48.0 Å². The lowest BCUT2D eigenvalue weighted by atomic mass is 9.91. The minimum absolute atomic E-state index is 0.00378. The number of phenolic OH excluding ortho intramolecular Hbond substituents is 1. The molecule has 4 amide bonds. The van der Waals surface area contributed by atoms with Crippen molar-refractivity contribution in [1.29, 1.82) is 0 Å². The molecule has 0 saturated carbocycles. The lowest BCUT2D eigenvalue weighted by Gasteiger charge is -2.37. The van der Waals surface area contributed by atoms with Crippen LogP contribution >= 0.6 is 0 Å². The summed E-state index contributed by atoms with van der Waals surface area (Å²) in [5.41, 5.74) is 0.491. The van der Waals surface area contributed by atoms with Crippen LogP contribution in [-0.4, -0.2) is 95.9 Å². The van der Waals surface area contributed by atoms with Gasteiger partial charge in [0.25, 0.3) is 0 Å². The highest BCUT2D eigenvalue weighted by Crippen LogP contribution is 2.41. The van der Waals surface area contributed by atoms with Crippen LogP contribution < -0.4 is 4.90 Å². The van der Waals surface area contributed by atoms with Gasteiger partial charge in [-0.05, 0) is 136 Å². The Morgan fingerprint density at radius 3 is 1.57 bits per heavy atom. The number of rotatable bonds is 9. The number of hydrogen-bond acceptors (Lipinski definition) is 11. The summed E-state index contributed by atoms with van der Waals surface area (Å²) in [5, 5.41) is 15.4. The second-order valence-corrected chi connectivity index (χ2v) is 20.7. The zero-order chi connectivity index (χ0) is 48.6. The summed E-state index contributed by atoms with van der Waals surface area (Å²) in [7, 11) is 0. The van der Waals surface area contributed by atoms with Gasteiger partial charge in [-0.3, -0.25) is 0 Å². The summed E-state index contributed by atoms with van der Waals surface area (Å²) < 4.78 is 32.0. The molecule has 4 atom stereocenters. The van der Waals surface area contributed by atoms with Gasteiger partial charge in [-0.25, -0.2) is 19.2 Å². The number of aromatic hydroxyl groups is 1. The lowest BCUT2D eigenvalue weighted by molar-refractivity contribution is -0.157. The van der Waals surface area contributed by atoms with Gasteiger partial charge in [0.15, 0.2) is 11.6 Å². The maximum atomic E-state index is 15.8. The van der Waals surface area contributed by atoms with Gasteiger partial charge in [-0.1, -0.05) is 78.9 Å². The third-order valence-corrected chi connectivity index (χ3v) is 11.1. The number of fused-ring (bicyclic) bond motifs is 2. The van der Waals surface area contributed by atoms with Gasteiger partial charge in [0.1, 0.15) is 34.8 Å². The van der Waals surface area contributed by atoms with Crippen molar-refractivity contribution in [2.45, 2.75) is 149 Å². The van der Waals surface area contributed by atoms with Crippen LogP contribution in [0.1, 0.15) is 98.4 Å². The zero-order valence-corrected chi connectivity index (χ0v) is 40.3. The van der Waals surface area contributed by atoms with Crippen molar-refractivity contribution in [3.8, 4) is 5.75 Å². The molecule has 15 nitrogen and oxygen atoms in total. The number of nitrogens with zero attached hydrogens (tertiary/aromatic N) is 5. The predicted molar refractivity (Wildman–Crippen MR) is 253 cm³/mol. The average Bonchev–Trinajstić information content (AvgIpc) is 3.73. The number of aromatic nitrogens is 2. The molecule has 356 valence electrons. The van der Waals surface area contributed by atoms with Crippen molar-refractivity contribution >= 4 is 41.0 Å². The van der Waals surface area contributed by atoms with Crippen molar-refractivity contribution in [2.75, 3.05) is 4.90 Å². The molecule has 2 fully saturated rings. The molecule has 1 aromatic heterocycles.